The molecule has 2 aliphatic rings. The minimum Gasteiger partial charge on any atom is -0.481 e. The molecule has 6 nitrogen and oxygen atoms in total. The van der Waals surface area contributed by atoms with Gasteiger partial charge in [0.25, 0.3) is 5.24 Å². The van der Waals surface area contributed by atoms with Crippen molar-refractivity contribution in [3.63, 3.8) is 0 Å². The lowest BCUT2D eigenvalue weighted by Gasteiger charge is -2.24. The summed E-state index contributed by atoms with van der Waals surface area (Å²) in [7, 11) is 0. The number of rotatable bonds is 4. The van der Waals surface area contributed by atoms with Gasteiger partial charge in [0.15, 0.2) is 0 Å². The first-order valence-electron chi connectivity index (χ1n) is 5.98. The zero-order chi connectivity index (χ0) is 13.2. The van der Waals surface area contributed by atoms with Gasteiger partial charge in [-0.3, -0.25) is 14.4 Å². The molecular formula is C11H16N2O4S. The van der Waals surface area contributed by atoms with E-state index in [1.54, 1.807) is 0 Å². The monoisotopic (exact) mass is 272 g/mol. The molecule has 2 fully saturated rings. The highest BCUT2D eigenvalue weighted by Crippen LogP contribution is 2.37. The fraction of sp³-hybridized carbons (Fsp3) is 0.727. The van der Waals surface area contributed by atoms with Gasteiger partial charge in [0.05, 0.1) is 5.41 Å². The van der Waals surface area contributed by atoms with Crippen LogP contribution in [0.15, 0.2) is 0 Å². The lowest BCUT2D eigenvalue weighted by molar-refractivity contribution is -0.148. The van der Waals surface area contributed by atoms with E-state index in [1.165, 1.54) is 0 Å². The first-order valence-corrected chi connectivity index (χ1v) is 6.96. The summed E-state index contributed by atoms with van der Waals surface area (Å²) in [5, 5.41) is 14.3. The molecule has 1 unspecified atom stereocenters. The van der Waals surface area contributed by atoms with Crippen LogP contribution >= 0.6 is 11.8 Å². The van der Waals surface area contributed by atoms with E-state index in [4.69, 9.17) is 0 Å². The Balaban J connectivity index is 1.88. The smallest absolute Gasteiger partial charge is 0.311 e. The summed E-state index contributed by atoms with van der Waals surface area (Å²) in [5.41, 5.74) is -0.814. The van der Waals surface area contributed by atoms with Crippen LogP contribution in [0.1, 0.15) is 25.7 Å². The predicted octanol–water partition coefficient (Wildman–Crippen LogP) is 0.573. The number of aliphatic carboxylic acids is 1. The van der Waals surface area contributed by atoms with E-state index < -0.39 is 17.4 Å². The molecule has 0 aromatic rings. The Morgan fingerprint density at radius 3 is 2.61 bits per heavy atom. The van der Waals surface area contributed by atoms with Crippen molar-refractivity contribution in [3.05, 3.63) is 0 Å². The molecule has 1 heterocycles. The SMILES string of the molecule is O=C1NC(C(=O)NCC2(C(=O)O)CCCC2)CS1. The topological polar surface area (TPSA) is 95.5 Å². The molecule has 1 aliphatic heterocycles. The lowest BCUT2D eigenvalue weighted by Crippen LogP contribution is -2.48. The van der Waals surface area contributed by atoms with E-state index in [0.29, 0.717) is 18.6 Å². The van der Waals surface area contributed by atoms with Crippen LogP contribution in [-0.4, -0.2) is 40.6 Å². The van der Waals surface area contributed by atoms with Gasteiger partial charge in [0.2, 0.25) is 5.91 Å². The van der Waals surface area contributed by atoms with Crippen LogP contribution in [-0.2, 0) is 9.59 Å². The molecule has 0 bridgehead atoms. The van der Waals surface area contributed by atoms with Gasteiger partial charge >= 0.3 is 5.97 Å². The van der Waals surface area contributed by atoms with Crippen molar-refractivity contribution in [2.75, 3.05) is 12.3 Å². The summed E-state index contributed by atoms with van der Waals surface area (Å²) in [6.07, 6.45) is 2.99. The average molecular weight is 272 g/mol. The first kappa shape index (κ1) is 13.2. The fourth-order valence-corrected chi connectivity index (χ4v) is 3.20. The molecule has 1 aliphatic carbocycles. The van der Waals surface area contributed by atoms with E-state index in [9.17, 15) is 19.5 Å². The summed E-state index contributed by atoms with van der Waals surface area (Å²) in [6, 6.07) is -0.533. The van der Waals surface area contributed by atoms with E-state index >= 15 is 0 Å². The highest BCUT2D eigenvalue weighted by molar-refractivity contribution is 8.14. The van der Waals surface area contributed by atoms with Crippen LogP contribution in [0.2, 0.25) is 0 Å². The van der Waals surface area contributed by atoms with Gasteiger partial charge in [-0.05, 0) is 12.8 Å². The third-order valence-corrected chi connectivity index (χ3v) is 4.49. The third-order valence-electron chi connectivity index (χ3n) is 3.61. The maximum atomic E-state index is 11.8. The molecule has 1 saturated heterocycles. The molecule has 0 aromatic heterocycles. The summed E-state index contributed by atoms with van der Waals surface area (Å²) in [6.45, 7) is 0.151. The molecule has 100 valence electrons. The van der Waals surface area contributed by atoms with E-state index in [-0.39, 0.29) is 17.7 Å². The molecule has 18 heavy (non-hydrogen) atoms. The highest BCUT2D eigenvalue weighted by atomic mass is 32.2. The van der Waals surface area contributed by atoms with Gasteiger partial charge in [0.1, 0.15) is 6.04 Å². The molecule has 1 atom stereocenters. The van der Waals surface area contributed by atoms with E-state index in [1.807, 2.05) is 0 Å². The number of hydrogen-bond acceptors (Lipinski definition) is 4. The minimum atomic E-state index is -0.842. The molecule has 0 spiro atoms. The van der Waals surface area contributed by atoms with Crippen molar-refractivity contribution >= 4 is 28.9 Å². The van der Waals surface area contributed by atoms with Crippen molar-refractivity contribution < 1.29 is 19.5 Å². The Hall–Kier alpha value is -1.24. The van der Waals surface area contributed by atoms with Crippen LogP contribution < -0.4 is 10.6 Å². The largest absolute Gasteiger partial charge is 0.481 e. The van der Waals surface area contributed by atoms with Crippen molar-refractivity contribution in [1.82, 2.24) is 10.6 Å². The molecule has 2 amide bonds. The molecular weight excluding hydrogens is 256 g/mol. The standard InChI is InChI=1S/C11H16N2O4S/c14-8(7-5-18-10(17)13-7)12-6-11(9(15)16)3-1-2-4-11/h7H,1-6H2,(H,12,14)(H,13,17)(H,15,16). The zero-order valence-electron chi connectivity index (χ0n) is 9.90. The molecule has 1 saturated carbocycles. The van der Waals surface area contributed by atoms with Gasteiger partial charge in [-0.1, -0.05) is 24.6 Å². The maximum Gasteiger partial charge on any atom is 0.311 e. The Morgan fingerprint density at radius 2 is 2.11 bits per heavy atom. The van der Waals surface area contributed by atoms with Gasteiger partial charge in [-0.25, -0.2) is 0 Å². The summed E-state index contributed by atoms with van der Waals surface area (Å²) < 4.78 is 0. The lowest BCUT2D eigenvalue weighted by atomic mass is 9.86. The maximum absolute atomic E-state index is 11.8. The molecule has 0 aromatic carbocycles. The number of amides is 2. The molecule has 3 N–H and O–H groups in total. The van der Waals surface area contributed by atoms with Crippen molar-refractivity contribution in [3.8, 4) is 0 Å². The van der Waals surface area contributed by atoms with Gasteiger partial charge in [-0.2, -0.15) is 0 Å². The molecule has 7 heteroatoms. The van der Waals surface area contributed by atoms with Crippen LogP contribution in [0.4, 0.5) is 4.79 Å². The highest BCUT2D eigenvalue weighted by Gasteiger charge is 2.42. The minimum absolute atomic E-state index is 0.151. The Morgan fingerprint density at radius 1 is 1.44 bits per heavy atom. The van der Waals surface area contributed by atoms with Gasteiger partial charge in [0, 0.05) is 12.3 Å². The predicted molar refractivity (Wildman–Crippen MR) is 66.3 cm³/mol. The summed E-state index contributed by atoms with van der Waals surface area (Å²) >= 11 is 1.07. The summed E-state index contributed by atoms with van der Waals surface area (Å²) in [5.74, 6) is -0.726. The van der Waals surface area contributed by atoms with Crippen molar-refractivity contribution in [2.24, 2.45) is 5.41 Å². The number of nitrogens with one attached hydrogen (secondary N) is 2. The normalized spacial score (nSPS) is 25.8. The Labute approximate surface area is 109 Å². The summed E-state index contributed by atoms with van der Waals surface area (Å²) in [4.78, 5) is 34.0. The van der Waals surface area contributed by atoms with E-state index in [2.05, 4.69) is 10.6 Å². The second kappa shape index (κ2) is 5.17. The van der Waals surface area contributed by atoms with Crippen LogP contribution in [0.25, 0.3) is 0 Å². The van der Waals surface area contributed by atoms with Crippen molar-refractivity contribution in [1.29, 1.82) is 0 Å². The number of carboxylic acid groups (broad SMARTS) is 1. The van der Waals surface area contributed by atoms with Gasteiger partial charge < -0.3 is 15.7 Å². The molecule has 2 rings (SSSR count). The Bertz CT molecular complexity index is 379. The van der Waals surface area contributed by atoms with Crippen LogP contribution in [0, 0.1) is 5.41 Å². The fourth-order valence-electron chi connectivity index (χ4n) is 2.42. The first-order chi connectivity index (χ1) is 8.53. The van der Waals surface area contributed by atoms with Crippen LogP contribution in [0.5, 0.6) is 0 Å². The average Bonchev–Trinajstić information content (AvgIpc) is 2.95. The Kier molecular flexibility index (Phi) is 3.79. The van der Waals surface area contributed by atoms with Crippen LogP contribution in [0.3, 0.4) is 0 Å². The number of carbonyl (C=O) groups excluding carboxylic acids is 2. The van der Waals surface area contributed by atoms with Gasteiger partial charge in [-0.15, -0.1) is 0 Å². The third kappa shape index (κ3) is 2.60. The number of thioether (sulfide) groups is 1. The number of carboxylic acids is 1. The quantitative estimate of drug-likeness (QED) is 0.695. The second-order valence-electron chi connectivity index (χ2n) is 4.81. The van der Waals surface area contributed by atoms with E-state index in [0.717, 1.165) is 24.6 Å². The number of carbonyl (C=O) groups is 3. The second-order valence-corrected chi connectivity index (χ2v) is 5.80. The van der Waals surface area contributed by atoms with Crippen molar-refractivity contribution in [2.45, 2.75) is 31.7 Å². The number of hydrogen-bond donors (Lipinski definition) is 3. The molecule has 0 radical (unpaired) electrons. The zero-order valence-corrected chi connectivity index (χ0v) is 10.7.